The Balaban J connectivity index is 0.000000261. The summed E-state index contributed by atoms with van der Waals surface area (Å²) in [6, 6.07) is 27.6. The Bertz CT molecular complexity index is 1810. The van der Waals surface area contributed by atoms with Crippen molar-refractivity contribution in [1.82, 2.24) is 0 Å². The Labute approximate surface area is 292 Å². The molecule has 0 amide bonds. The van der Waals surface area contributed by atoms with Gasteiger partial charge < -0.3 is 15.2 Å². The Morgan fingerprint density at radius 3 is 1.82 bits per heavy atom. The molecule has 4 aromatic rings. The van der Waals surface area contributed by atoms with Crippen LogP contribution in [0, 0.1) is 0 Å². The molecule has 0 bridgehead atoms. The molecule has 0 radical (unpaired) electrons. The number of nitrogen functional groups attached to an aromatic ring is 1. The number of ketones is 4. The lowest BCUT2D eigenvalue weighted by molar-refractivity contribution is -0.117. The molecule has 1 saturated heterocycles. The van der Waals surface area contributed by atoms with Gasteiger partial charge >= 0.3 is 5.97 Å². The van der Waals surface area contributed by atoms with Crippen molar-refractivity contribution in [2.45, 2.75) is 46.5 Å². The van der Waals surface area contributed by atoms with E-state index in [1.54, 1.807) is 72.8 Å². The summed E-state index contributed by atoms with van der Waals surface area (Å²) in [7, 11) is 1.27. The summed E-state index contributed by atoms with van der Waals surface area (Å²) in [4.78, 5) is 70.4. The minimum absolute atomic E-state index is 0.0174. The summed E-state index contributed by atoms with van der Waals surface area (Å²) in [6.45, 7) is 6.53. The molecule has 4 aromatic carbocycles. The van der Waals surface area contributed by atoms with Gasteiger partial charge in [-0.2, -0.15) is 4.99 Å². The van der Waals surface area contributed by atoms with Gasteiger partial charge in [0.1, 0.15) is 5.78 Å². The number of hydrogen-bond acceptors (Lipinski definition) is 10. The zero-order valence-electron chi connectivity index (χ0n) is 28.8. The van der Waals surface area contributed by atoms with Gasteiger partial charge in [-0.05, 0) is 75.1 Å². The zero-order chi connectivity index (χ0) is 36.9. The molecule has 0 saturated carbocycles. The second kappa shape index (κ2) is 21.9. The fourth-order valence-corrected chi connectivity index (χ4v) is 4.59. The highest BCUT2D eigenvalue weighted by Gasteiger charge is 2.12. The van der Waals surface area contributed by atoms with E-state index in [4.69, 9.17) is 10.5 Å². The van der Waals surface area contributed by atoms with Gasteiger partial charge in [-0.25, -0.2) is 9.59 Å². The molecule has 1 heterocycles. The molecule has 50 heavy (non-hydrogen) atoms. The molecule has 5 rings (SSSR count). The molecule has 260 valence electrons. The number of Topliss-reactive ketones (excluding diaryl/α,β-unsaturated/α-hetero) is 4. The van der Waals surface area contributed by atoms with Crippen molar-refractivity contribution in [1.29, 1.82) is 0 Å². The molecule has 1 aliphatic heterocycles. The number of methoxy groups -OCH3 is 1. The average Bonchev–Trinajstić information content (AvgIpc) is 3.70. The molecule has 10 heteroatoms. The Kier molecular flexibility index (Phi) is 17.7. The van der Waals surface area contributed by atoms with E-state index in [9.17, 15) is 28.8 Å². The number of nitrogens with two attached hydrogens (primary N) is 1. The maximum atomic E-state index is 12.2. The van der Waals surface area contributed by atoms with E-state index >= 15 is 0 Å². The highest BCUT2D eigenvalue weighted by Crippen LogP contribution is 2.18. The molecule has 0 atom stereocenters. The number of aliphatic imine (C=N–C) groups is 1. The predicted molar refractivity (Wildman–Crippen MR) is 192 cm³/mol. The van der Waals surface area contributed by atoms with Gasteiger partial charge in [0.15, 0.2) is 17.3 Å². The second-order valence-electron chi connectivity index (χ2n) is 11.1. The van der Waals surface area contributed by atoms with E-state index in [-0.39, 0.29) is 47.2 Å². The molecule has 10 nitrogen and oxygen atoms in total. The van der Waals surface area contributed by atoms with E-state index in [2.05, 4.69) is 9.73 Å². The number of ether oxygens (including phenoxy) is 2. The van der Waals surface area contributed by atoms with Crippen LogP contribution in [0.4, 0.5) is 11.4 Å². The summed E-state index contributed by atoms with van der Waals surface area (Å²) in [5.41, 5.74) is 10.0. The molecule has 0 aliphatic carbocycles. The van der Waals surface area contributed by atoms with Gasteiger partial charge in [-0.3, -0.25) is 19.2 Å². The van der Waals surface area contributed by atoms with Gasteiger partial charge in [0.05, 0.1) is 18.4 Å². The van der Waals surface area contributed by atoms with Crippen LogP contribution in [-0.4, -0.2) is 55.5 Å². The number of para-hydroxylation sites is 1. The number of benzene rings is 4. The van der Waals surface area contributed by atoms with E-state index in [1.807, 2.05) is 12.1 Å². The monoisotopic (exact) mass is 678 g/mol. The number of isocyanates is 1. The van der Waals surface area contributed by atoms with Crippen molar-refractivity contribution in [2.75, 3.05) is 26.1 Å². The number of carbonyl (C=O) groups is 5. The number of hydrogen-bond donors (Lipinski definition) is 1. The Morgan fingerprint density at radius 2 is 1.30 bits per heavy atom. The Morgan fingerprint density at radius 1 is 0.720 bits per heavy atom. The lowest BCUT2D eigenvalue weighted by Crippen LogP contribution is -2.10. The van der Waals surface area contributed by atoms with Crippen LogP contribution < -0.4 is 5.73 Å². The first-order valence-corrected chi connectivity index (χ1v) is 15.9. The fraction of sp³-hybridized carbons (Fsp3) is 0.250. The Hall–Kier alpha value is -5.83. The molecule has 0 aromatic heterocycles. The molecular formula is C40H42N2O8. The van der Waals surface area contributed by atoms with Crippen molar-refractivity contribution in [3.05, 3.63) is 130 Å². The molecule has 1 fully saturated rings. The third-order valence-corrected chi connectivity index (χ3v) is 7.12. The molecule has 2 N–H and O–H groups in total. The highest BCUT2D eigenvalue weighted by atomic mass is 16.5. The van der Waals surface area contributed by atoms with Gasteiger partial charge in [-0.1, -0.05) is 66.7 Å². The van der Waals surface area contributed by atoms with Crippen LogP contribution in [0.25, 0.3) is 0 Å². The molecule has 0 unspecified atom stereocenters. The van der Waals surface area contributed by atoms with Crippen LogP contribution in [-0.2, 0) is 31.9 Å². The van der Waals surface area contributed by atoms with Gasteiger partial charge in [0.25, 0.3) is 0 Å². The van der Waals surface area contributed by atoms with Gasteiger partial charge in [0, 0.05) is 48.4 Å². The number of carbonyl (C=O) groups excluding carboxylic acids is 6. The minimum atomic E-state index is -0.519. The lowest BCUT2D eigenvalue weighted by atomic mass is 9.96. The summed E-state index contributed by atoms with van der Waals surface area (Å²) in [5, 5.41) is 0. The van der Waals surface area contributed by atoms with Crippen LogP contribution in [0.5, 0.6) is 0 Å². The van der Waals surface area contributed by atoms with Crippen molar-refractivity contribution in [3.8, 4) is 0 Å². The summed E-state index contributed by atoms with van der Waals surface area (Å²) in [6.07, 6.45) is 4.41. The second-order valence-corrected chi connectivity index (χ2v) is 11.1. The number of anilines is 1. The van der Waals surface area contributed by atoms with Crippen LogP contribution in [0.1, 0.15) is 86.2 Å². The zero-order valence-corrected chi connectivity index (χ0v) is 28.8. The van der Waals surface area contributed by atoms with Crippen LogP contribution in [0.15, 0.2) is 102 Å². The summed E-state index contributed by atoms with van der Waals surface area (Å²) >= 11 is 0. The maximum Gasteiger partial charge on any atom is 0.340 e. The average molecular weight is 679 g/mol. The van der Waals surface area contributed by atoms with E-state index < -0.39 is 5.97 Å². The first-order valence-electron chi connectivity index (χ1n) is 15.9. The standard InChI is InChI=1S/C19H18O3.C9H7NO3.C8H9NO.C4H8O/c1-13(20)16-8-5-6-15(10-16)11-18(22)12-17-7-3-4-9-19(17)14(2)21;1-13-9(12)7-4-2-3-5-8(7)10-6-11;1-6(10)7-3-2-4-8(9)5-7;1-2-4-5-3-1/h3-10H,11-12H2,1-2H3;2-5H,1H3;2-5H,9H2,1H3;1-4H2. The van der Waals surface area contributed by atoms with Crippen molar-refractivity contribution < 1.29 is 38.2 Å². The minimum Gasteiger partial charge on any atom is -0.465 e. The molecule has 0 spiro atoms. The number of rotatable bonds is 9. The number of nitrogens with zero attached hydrogens (tertiary/aromatic N) is 1. The van der Waals surface area contributed by atoms with Crippen LogP contribution in [0.3, 0.4) is 0 Å². The topological polar surface area (TPSA) is 159 Å². The largest absolute Gasteiger partial charge is 0.465 e. The third kappa shape index (κ3) is 14.5. The SMILES string of the molecule is C1CCOC1.CC(=O)c1cccc(CC(=O)Cc2ccccc2C(C)=O)c1.CC(=O)c1cccc(N)c1.COC(=O)c1ccccc1N=C=O. The van der Waals surface area contributed by atoms with Crippen molar-refractivity contribution in [2.24, 2.45) is 4.99 Å². The first kappa shape index (κ1) is 40.3. The quantitative estimate of drug-likeness (QED) is 0.0637. The van der Waals surface area contributed by atoms with Crippen molar-refractivity contribution >= 4 is 46.6 Å². The predicted octanol–water partition coefficient (Wildman–Crippen LogP) is 7.15. The van der Waals surface area contributed by atoms with Crippen molar-refractivity contribution in [3.63, 3.8) is 0 Å². The smallest absolute Gasteiger partial charge is 0.340 e. The summed E-state index contributed by atoms with van der Waals surface area (Å²) < 4.78 is 9.44. The third-order valence-electron chi connectivity index (χ3n) is 7.12. The lowest BCUT2D eigenvalue weighted by Gasteiger charge is -2.07. The molecular weight excluding hydrogens is 636 g/mol. The van der Waals surface area contributed by atoms with Gasteiger partial charge in [0.2, 0.25) is 6.08 Å². The molecule has 1 aliphatic rings. The van der Waals surface area contributed by atoms with E-state index in [0.717, 1.165) is 24.3 Å². The van der Waals surface area contributed by atoms with Crippen LogP contribution >= 0.6 is 0 Å². The number of esters is 1. The van der Waals surface area contributed by atoms with E-state index in [0.29, 0.717) is 22.4 Å². The fourth-order valence-electron chi connectivity index (χ4n) is 4.59. The van der Waals surface area contributed by atoms with E-state index in [1.165, 1.54) is 58.9 Å². The normalized spacial score (nSPS) is 11.0. The summed E-state index contributed by atoms with van der Waals surface area (Å²) in [5.74, 6) is -0.505. The first-order chi connectivity index (χ1) is 24.0. The highest BCUT2D eigenvalue weighted by molar-refractivity contribution is 5.98. The van der Waals surface area contributed by atoms with Gasteiger partial charge in [-0.15, -0.1) is 0 Å². The maximum absolute atomic E-state index is 12.2. The van der Waals surface area contributed by atoms with Crippen LogP contribution in [0.2, 0.25) is 0 Å².